The first-order valence-corrected chi connectivity index (χ1v) is 14.7. The van der Waals surface area contributed by atoms with E-state index in [2.05, 4.69) is 36.0 Å². The standard InChI is InChI=1S/C30H45N5O2/c1-4-22-17-23-9-8-14-30(18-22,19-23)21-31-28(36)26-10-7-11-27-32-25(20-35(26)27)29(37)34-15-12-24(13-16-34)33(5-2)6-3/h7,10-11,20,22-24H,4-6,8-9,12-19,21H2,1-3H3,(H,31,36). The molecule has 7 heteroatoms. The summed E-state index contributed by atoms with van der Waals surface area (Å²) >= 11 is 0. The zero-order valence-corrected chi connectivity index (χ0v) is 23.0. The van der Waals surface area contributed by atoms with Gasteiger partial charge in [0, 0.05) is 31.9 Å². The van der Waals surface area contributed by atoms with Gasteiger partial charge in [0.15, 0.2) is 0 Å². The SMILES string of the molecule is CCC1CC2CCCC(CNC(=O)c3cccc4nc(C(=O)N5CCC(N(CC)CC)CC5)cn34)(C1)C2. The van der Waals surface area contributed by atoms with Crippen LogP contribution >= 0.6 is 0 Å². The van der Waals surface area contributed by atoms with Crippen molar-refractivity contribution in [3.8, 4) is 0 Å². The summed E-state index contributed by atoms with van der Waals surface area (Å²) in [7, 11) is 0. The summed E-state index contributed by atoms with van der Waals surface area (Å²) in [5.41, 5.74) is 1.87. The minimum absolute atomic E-state index is 0.0343. The van der Waals surface area contributed by atoms with Crippen molar-refractivity contribution in [2.45, 2.75) is 84.6 Å². The average Bonchev–Trinajstić information content (AvgIpc) is 3.37. The van der Waals surface area contributed by atoms with Crippen LogP contribution in [-0.4, -0.2) is 69.8 Å². The highest BCUT2D eigenvalue weighted by molar-refractivity contribution is 5.95. The molecule has 7 nitrogen and oxygen atoms in total. The van der Waals surface area contributed by atoms with Gasteiger partial charge in [-0.1, -0.05) is 46.1 Å². The van der Waals surface area contributed by atoms with Crippen molar-refractivity contribution in [3.63, 3.8) is 0 Å². The maximum atomic E-state index is 13.4. The number of likely N-dealkylation sites (tertiary alicyclic amines) is 1. The van der Waals surface area contributed by atoms with E-state index < -0.39 is 0 Å². The minimum Gasteiger partial charge on any atom is -0.350 e. The van der Waals surface area contributed by atoms with Crippen LogP contribution in [0.5, 0.6) is 0 Å². The van der Waals surface area contributed by atoms with Crippen molar-refractivity contribution in [2.75, 3.05) is 32.7 Å². The van der Waals surface area contributed by atoms with E-state index >= 15 is 0 Å². The lowest BCUT2D eigenvalue weighted by Crippen LogP contribution is -2.46. The molecule has 3 fully saturated rings. The van der Waals surface area contributed by atoms with Crippen LogP contribution in [0.2, 0.25) is 0 Å². The lowest BCUT2D eigenvalue weighted by atomic mass is 9.58. The molecular formula is C30H45N5O2. The highest BCUT2D eigenvalue weighted by Gasteiger charge is 2.42. The molecule has 202 valence electrons. The second-order valence-corrected chi connectivity index (χ2v) is 11.9. The van der Waals surface area contributed by atoms with Gasteiger partial charge in [-0.05, 0) is 81.0 Å². The summed E-state index contributed by atoms with van der Waals surface area (Å²) in [6, 6.07) is 6.12. The Balaban J connectivity index is 1.26. The number of aromatic nitrogens is 2. The lowest BCUT2D eigenvalue weighted by molar-refractivity contribution is 0.0368. The molecule has 3 heterocycles. The Kier molecular flexibility index (Phi) is 7.89. The van der Waals surface area contributed by atoms with Crippen LogP contribution in [0.3, 0.4) is 0 Å². The summed E-state index contributed by atoms with van der Waals surface area (Å²) in [6.07, 6.45) is 12.7. The van der Waals surface area contributed by atoms with Gasteiger partial charge in [-0.15, -0.1) is 0 Å². The zero-order valence-electron chi connectivity index (χ0n) is 23.0. The van der Waals surface area contributed by atoms with Gasteiger partial charge in [-0.3, -0.25) is 14.0 Å². The molecule has 1 aliphatic heterocycles. The third-order valence-corrected chi connectivity index (χ3v) is 9.66. The molecule has 2 aromatic rings. The van der Waals surface area contributed by atoms with E-state index in [9.17, 15) is 9.59 Å². The van der Waals surface area contributed by atoms with E-state index in [0.29, 0.717) is 23.1 Å². The maximum Gasteiger partial charge on any atom is 0.274 e. The van der Waals surface area contributed by atoms with Crippen LogP contribution in [-0.2, 0) is 0 Å². The fourth-order valence-electron chi connectivity index (χ4n) is 7.67. The molecule has 0 spiro atoms. The van der Waals surface area contributed by atoms with Gasteiger partial charge in [-0.25, -0.2) is 4.98 Å². The predicted molar refractivity (Wildman–Crippen MR) is 147 cm³/mol. The van der Waals surface area contributed by atoms with Gasteiger partial charge >= 0.3 is 0 Å². The van der Waals surface area contributed by atoms with Crippen molar-refractivity contribution >= 4 is 17.5 Å². The summed E-state index contributed by atoms with van der Waals surface area (Å²) in [6.45, 7) is 11.1. The van der Waals surface area contributed by atoms with E-state index in [1.165, 1.54) is 44.9 Å². The molecule has 2 amide bonds. The molecule has 3 aliphatic rings. The van der Waals surface area contributed by atoms with Crippen LogP contribution in [0.1, 0.15) is 99.5 Å². The van der Waals surface area contributed by atoms with E-state index in [4.69, 9.17) is 0 Å². The van der Waals surface area contributed by atoms with Crippen LogP contribution in [0.25, 0.3) is 5.65 Å². The highest BCUT2D eigenvalue weighted by atomic mass is 16.2. The highest BCUT2D eigenvalue weighted by Crippen LogP contribution is 2.51. The second kappa shape index (κ2) is 11.1. The Morgan fingerprint density at radius 2 is 1.89 bits per heavy atom. The number of hydrogen-bond acceptors (Lipinski definition) is 4. The molecule has 2 aliphatic carbocycles. The number of amides is 2. The Morgan fingerprint density at radius 3 is 2.62 bits per heavy atom. The first-order chi connectivity index (χ1) is 17.9. The molecule has 0 aromatic carbocycles. The number of rotatable bonds is 8. The normalized spacial score (nSPS) is 26.5. The van der Waals surface area contributed by atoms with Gasteiger partial charge in [0.2, 0.25) is 0 Å². The van der Waals surface area contributed by atoms with Gasteiger partial charge in [0.05, 0.1) is 0 Å². The molecule has 2 bridgehead atoms. The largest absolute Gasteiger partial charge is 0.350 e. The van der Waals surface area contributed by atoms with Crippen molar-refractivity contribution in [1.29, 1.82) is 0 Å². The summed E-state index contributed by atoms with van der Waals surface area (Å²) in [4.78, 5) is 35.7. The Morgan fingerprint density at radius 1 is 1.11 bits per heavy atom. The number of piperidine rings is 1. The van der Waals surface area contributed by atoms with Gasteiger partial charge in [0.25, 0.3) is 11.8 Å². The van der Waals surface area contributed by atoms with Crippen LogP contribution in [0, 0.1) is 17.3 Å². The number of imidazole rings is 1. The molecule has 3 atom stereocenters. The van der Waals surface area contributed by atoms with Gasteiger partial charge < -0.3 is 15.1 Å². The van der Waals surface area contributed by atoms with Crippen molar-refractivity contribution in [1.82, 2.24) is 24.5 Å². The third-order valence-electron chi connectivity index (χ3n) is 9.66. The zero-order chi connectivity index (χ0) is 26.0. The van der Waals surface area contributed by atoms with E-state index in [0.717, 1.165) is 57.4 Å². The molecule has 37 heavy (non-hydrogen) atoms. The fourth-order valence-corrected chi connectivity index (χ4v) is 7.67. The Hall–Kier alpha value is -2.41. The maximum absolute atomic E-state index is 13.4. The smallest absolute Gasteiger partial charge is 0.274 e. The number of nitrogens with one attached hydrogen (secondary N) is 1. The molecule has 0 radical (unpaired) electrons. The van der Waals surface area contributed by atoms with Gasteiger partial charge in [-0.2, -0.15) is 0 Å². The average molecular weight is 508 g/mol. The number of hydrogen-bond donors (Lipinski definition) is 1. The number of nitrogens with zero attached hydrogens (tertiary/aromatic N) is 4. The molecule has 5 rings (SSSR count). The molecular weight excluding hydrogens is 462 g/mol. The topological polar surface area (TPSA) is 70.0 Å². The van der Waals surface area contributed by atoms with Crippen LogP contribution < -0.4 is 5.32 Å². The van der Waals surface area contributed by atoms with E-state index in [1.54, 1.807) is 10.6 Å². The molecule has 3 unspecified atom stereocenters. The first-order valence-electron chi connectivity index (χ1n) is 14.7. The Bertz CT molecular complexity index is 1100. The molecule has 1 N–H and O–H groups in total. The quantitative estimate of drug-likeness (QED) is 0.546. The summed E-state index contributed by atoms with van der Waals surface area (Å²) < 4.78 is 1.79. The number of fused-ring (bicyclic) bond motifs is 3. The minimum atomic E-state index is -0.0721. The van der Waals surface area contributed by atoms with Crippen molar-refractivity contribution in [2.24, 2.45) is 17.3 Å². The Labute approximate surface area is 222 Å². The molecule has 2 aromatic heterocycles. The van der Waals surface area contributed by atoms with Gasteiger partial charge in [0.1, 0.15) is 17.0 Å². The third kappa shape index (κ3) is 5.43. The summed E-state index contributed by atoms with van der Waals surface area (Å²) in [5, 5.41) is 3.29. The lowest BCUT2D eigenvalue weighted by Gasteiger charge is -2.48. The fraction of sp³-hybridized carbons (Fsp3) is 0.700. The predicted octanol–water partition coefficient (Wildman–Crippen LogP) is 5.01. The second-order valence-electron chi connectivity index (χ2n) is 11.9. The first kappa shape index (κ1) is 26.2. The van der Waals surface area contributed by atoms with E-state index in [1.807, 2.05) is 23.1 Å². The van der Waals surface area contributed by atoms with Crippen molar-refractivity contribution < 1.29 is 9.59 Å². The number of pyridine rings is 1. The van der Waals surface area contributed by atoms with Crippen LogP contribution in [0.15, 0.2) is 24.4 Å². The molecule has 1 saturated heterocycles. The van der Waals surface area contributed by atoms with Crippen LogP contribution in [0.4, 0.5) is 0 Å². The van der Waals surface area contributed by atoms with E-state index in [-0.39, 0.29) is 17.2 Å². The summed E-state index contributed by atoms with van der Waals surface area (Å²) in [5.74, 6) is 1.51. The number of carbonyl (C=O) groups is 2. The van der Waals surface area contributed by atoms with Crippen molar-refractivity contribution in [3.05, 3.63) is 35.8 Å². The molecule has 2 saturated carbocycles. The number of carbonyl (C=O) groups excluding carboxylic acids is 2. The monoisotopic (exact) mass is 507 g/mol.